The number of halogens is 1. The molecule has 32 heavy (non-hydrogen) atoms. The van der Waals surface area contributed by atoms with Gasteiger partial charge in [0.25, 0.3) is 20.0 Å². The second-order valence-corrected chi connectivity index (χ2v) is 10.3. The summed E-state index contributed by atoms with van der Waals surface area (Å²) in [5.74, 6) is 0.259. The molecule has 0 amide bonds. The number of hydrogen-bond donors (Lipinski definition) is 2. The minimum Gasteiger partial charge on any atom is -0.495 e. The Morgan fingerprint density at radius 1 is 0.875 bits per heavy atom. The molecule has 1 aliphatic rings. The van der Waals surface area contributed by atoms with Crippen molar-refractivity contribution < 1.29 is 30.7 Å². The van der Waals surface area contributed by atoms with E-state index in [1.807, 2.05) is 0 Å². The van der Waals surface area contributed by atoms with Crippen molar-refractivity contribution >= 4 is 31.4 Å². The summed E-state index contributed by atoms with van der Waals surface area (Å²) in [5, 5.41) is 0. The number of fused-ring (bicyclic) bond motifs is 1. The lowest BCUT2D eigenvalue weighted by Crippen LogP contribution is -2.15. The maximum atomic E-state index is 13.1. The van der Waals surface area contributed by atoms with Gasteiger partial charge in [-0.2, -0.15) is 0 Å². The highest BCUT2D eigenvalue weighted by Crippen LogP contribution is 2.32. The van der Waals surface area contributed by atoms with Crippen LogP contribution in [0.5, 0.6) is 11.5 Å². The summed E-state index contributed by atoms with van der Waals surface area (Å²) >= 11 is 0. The van der Waals surface area contributed by atoms with Gasteiger partial charge in [-0.1, -0.05) is 0 Å². The van der Waals surface area contributed by atoms with E-state index >= 15 is 0 Å². The van der Waals surface area contributed by atoms with Gasteiger partial charge in [0.15, 0.2) is 0 Å². The van der Waals surface area contributed by atoms with E-state index in [1.165, 1.54) is 31.4 Å². The van der Waals surface area contributed by atoms with Gasteiger partial charge in [0.1, 0.15) is 17.3 Å². The van der Waals surface area contributed by atoms with Gasteiger partial charge in [-0.3, -0.25) is 9.44 Å². The first-order chi connectivity index (χ1) is 15.2. The molecule has 0 spiro atoms. The van der Waals surface area contributed by atoms with Crippen LogP contribution in [0.25, 0.3) is 0 Å². The van der Waals surface area contributed by atoms with Gasteiger partial charge < -0.3 is 9.47 Å². The van der Waals surface area contributed by atoms with Crippen LogP contribution in [0.1, 0.15) is 5.56 Å². The molecule has 0 aromatic heterocycles. The predicted molar refractivity (Wildman–Crippen MR) is 117 cm³/mol. The van der Waals surface area contributed by atoms with Crippen LogP contribution in [0.4, 0.5) is 15.8 Å². The third-order valence-electron chi connectivity index (χ3n) is 4.79. The van der Waals surface area contributed by atoms with Crippen molar-refractivity contribution in [2.24, 2.45) is 0 Å². The number of ether oxygens (including phenoxy) is 2. The van der Waals surface area contributed by atoms with Gasteiger partial charge >= 0.3 is 0 Å². The lowest BCUT2D eigenvalue weighted by Gasteiger charge is -2.15. The van der Waals surface area contributed by atoms with Gasteiger partial charge in [0.2, 0.25) is 0 Å². The third kappa shape index (κ3) is 4.48. The molecule has 8 nitrogen and oxygen atoms in total. The fourth-order valence-electron chi connectivity index (χ4n) is 3.21. The average molecular weight is 479 g/mol. The number of methoxy groups -OCH3 is 1. The van der Waals surface area contributed by atoms with E-state index in [0.717, 1.165) is 29.8 Å². The third-order valence-corrected chi connectivity index (χ3v) is 7.55. The molecule has 4 rings (SSSR count). The van der Waals surface area contributed by atoms with Gasteiger partial charge in [0, 0.05) is 6.42 Å². The minimum atomic E-state index is -4.07. The van der Waals surface area contributed by atoms with E-state index in [0.29, 0.717) is 18.8 Å². The predicted octanol–water partition coefficient (Wildman–Crippen LogP) is 3.37. The Morgan fingerprint density at radius 2 is 1.56 bits per heavy atom. The molecule has 0 bridgehead atoms. The van der Waals surface area contributed by atoms with E-state index < -0.39 is 25.9 Å². The SMILES string of the molecule is COc1ccc(NS(=O)(=O)c2ccc3c(c2)CCO3)cc1NS(=O)(=O)c1ccc(F)cc1. The molecule has 11 heteroatoms. The lowest BCUT2D eigenvalue weighted by molar-refractivity contribution is 0.356. The molecule has 0 fully saturated rings. The summed E-state index contributed by atoms with van der Waals surface area (Å²) in [6.07, 6.45) is 0.622. The van der Waals surface area contributed by atoms with Crippen molar-refractivity contribution in [2.45, 2.75) is 16.2 Å². The van der Waals surface area contributed by atoms with Crippen LogP contribution in [0.15, 0.2) is 70.5 Å². The topological polar surface area (TPSA) is 111 Å². The van der Waals surface area contributed by atoms with Crippen molar-refractivity contribution in [1.82, 2.24) is 0 Å². The average Bonchev–Trinajstić information content (AvgIpc) is 3.22. The number of benzene rings is 3. The first-order valence-electron chi connectivity index (χ1n) is 9.43. The molecular formula is C21H19FN2O6S2. The van der Waals surface area contributed by atoms with E-state index in [-0.39, 0.29) is 26.9 Å². The Hall–Kier alpha value is -3.31. The number of sulfonamides is 2. The minimum absolute atomic E-state index is 0.0133. The molecule has 3 aromatic carbocycles. The van der Waals surface area contributed by atoms with Crippen LogP contribution >= 0.6 is 0 Å². The highest BCUT2D eigenvalue weighted by atomic mass is 32.2. The molecule has 0 saturated carbocycles. The number of hydrogen-bond acceptors (Lipinski definition) is 6. The first-order valence-corrected chi connectivity index (χ1v) is 12.4. The zero-order valence-corrected chi connectivity index (χ0v) is 18.5. The van der Waals surface area contributed by atoms with Gasteiger partial charge in [-0.05, 0) is 66.2 Å². The second kappa shape index (κ2) is 8.32. The quantitative estimate of drug-likeness (QED) is 0.539. The van der Waals surface area contributed by atoms with Crippen LogP contribution in [0, 0.1) is 5.82 Å². The van der Waals surface area contributed by atoms with Gasteiger partial charge in [0.05, 0.1) is 34.9 Å². The van der Waals surface area contributed by atoms with Crippen LogP contribution in [-0.2, 0) is 26.5 Å². The smallest absolute Gasteiger partial charge is 0.262 e. The summed E-state index contributed by atoms with van der Waals surface area (Å²) in [5.41, 5.74) is 0.939. The van der Waals surface area contributed by atoms with Crippen molar-refractivity contribution in [3.63, 3.8) is 0 Å². The van der Waals surface area contributed by atoms with Crippen molar-refractivity contribution in [1.29, 1.82) is 0 Å². The maximum absolute atomic E-state index is 13.1. The van der Waals surface area contributed by atoms with E-state index in [4.69, 9.17) is 9.47 Å². The molecule has 3 aromatic rings. The van der Waals surface area contributed by atoms with E-state index in [2.05, 4.69) is 9.44 Å². The van der Waals surface area contributed by atoms with Crippen molar-refractivity contribution in [2.75, 3.05) is 23.2 Å². The molecule has 168 valence electrons. The molecule has 0 unspecified atom stereocenters. The molecule has 1 heterocycles. The fraction of sp³-hybridized carbons (Fsp3) is 0.143. The summed E-state index contributed by atoms with van der Waals surface area (Å²) in [4.78, 5) is -0.0988. The standard InChI is InChI=1S/C21H19FN2O6S2/c1-29-21-8-4-16(13-19(21)24-31(25,26)17-5-2-15(22)3-6-17)23-32(27,28)18-7-9-20-14(12-18)10-11-30-20/h2-9,12-13,23-24H,10-11H2,1H3. The molecule has 0 aliphatic carbocycles. The van der Waals surface area contributed by atoms with Gasteiger partial charge in [-0.25, -0.2) is 21.2 Å². The Bertz CT molecular complexity index is 1370. The lowest BCUT2D eigenvalue weighted by atomic mass is 10.2. The Kier molecular flexibility index (Phi) is 5.70. The number of anilines is 2. The largest absolute Gasteiger partial charge is 0.495 e. The van der Waals surface area contributed by atoms with Crippen LogP contribution in [0.2, 0.25) is 0 Å². The Balaban J connectivity index is 1.62. The van der Waals surface area contributed by atoms with E-state index in [9.17, 15) is 21.2 Å². The first kappa shape index (κ1) is 21.9. The molecule has 2 N–H and O–H groups in total. The van der Waals surface area contributed by atoms with Crippen molar-refractivity contribution in [3.8, 4) is 11.5 Å². The van der Waals surface area contributed by atoms with Crippen molar-refractivity contribution in [3.05, 3.63) is 72.0 Å². The molecule has 0 radical (unpaired) electrons. The molecular weight excluding hydrogens is 459 g/mol. The van der Waals surface area contributed by atoms with Crippen LogP contribution < -0.4 is 18.9 Å². The zero-order valence-electron chi connectivity index (χ0n) is 16.8. The summed E-state index contributed by atoms with van der Waals surface area (Å²) in [6.45, 7) is 0.502. The maximum Gasteiger partial charge on any atom is 0.262 e. The highest BCUT2D eigenvalue weighted by molar-refractivity contribution is 7.93. The fourth-order valence-corrected chi connectivity index (χ4v) is 5.37. The Labute approximate surface area is 185 Å². The molecule has 0 atom stereocenters. The molecule has 0 saturated heterocycles. The number of nitrogens with one attached hydrogen (secondary N) is 2. The summed E-state index contributed by atoms with van der Waals surface area (Å²) in [6, 6.07) is 13.1. The normalized spacial score (nSPS) is 13.2. The summed E-state index contributed by atoms with van der Waals surface area (Å²) in [7, 11) is -6.66. The molecule has 1 aliphatic heterocycles. The summed E-state index contributed by atoms with van der Waals surface area (Å²) < 4.78 is 79.5. The van der Waals surface area contributed by atoms with Gasteiger partial charge in [-0.15, -0.1) is 0 Å². The second-order valence-electron chi connectivity index (χ2n) is 6.95. The van der Waals surface area contributed by atoms with Crippen LogP contribution in [-0.4, -0.2) is 30.6 Å². The van der Waals surface area contributed by atoms with Crippen LogP contribution in [0.3, 0.4) is 0 Å². The zero-order chi connectivity index (χ0) is 22.9. The highest BCUT2D eigenvalue weighted by Gasteiger charge is 2.21. The number of rotatable bonds is 7. The Morgan fingerprint density at radius 3 is 2.28 bits per heavy atom. The monoisotopic (exact) mass is 478 g/mol. The van der Waals surface area contributed by atoms with E-state index in [1.54, 1.807) is 12.1 Å².